The Morgan fingerprint density at radius 3 is 2.00 bits per heavy atom. The van der Waals surface area contributed by atoms with Crippen molar-refractivity contribution in [1.82, 2.24) is 15.7 Å². The van der Waals surface area contributed by atoms with E-state index in [1.807, 2.05) is 64.7 Å². The molecule has 8 nitrogen and oxygen atoms in total. The van der Waals surface area contributed by atoms with Crippen LogP contribution in [-0.2, 0) is 13.1 Å². The Bertz CT molecular complexity index is 1070. The molecule has 0 atom stereocenters. The van der Waals surface area contributed by atoms with E-state index in [2.05, 4.69) is 10.6 Å². The second-order valence-corrected chi connectivity index (χ2v) is 7.35. The molecule has 0 amide bonds. The van der Waals surface area contributed by atoms with E-state index in [9.17, 15) is 10.0 Å². The fourth-order valence-electron chi connectivity index (χ4n) is 3.47. The SMILES string of the molecule is COc1ccc(CN2NN=C(c3cccc(B(O)O)c3)N2Cc2ccc(OC)cc2)cc1. The summed E-state index contributed by atoms with van der Waals surface area (Å²) < 4.78 is 10.5. The molecule has 0 aromatic heterocycles. The molecule has 0 unspecified atom stereocenters. The molecule has 1 aliphatic heterocycles. The summed E-state index contributed by atoms with van der Waals surface area (Å²) in [6.07, 6.45) is 0. The predicted molar refractivity (Wildman–Crippen MR) is 123 cm³/mol. The third-order valence-electron chi connectivity index (χ3n) is 5.23. The highest BCUT2D eigenvalue weighted by atomic mass is 16.5. The van der Waals surface area contributed by atoms with Crippen LogP contribution in [0.25, 0.3) is 0 Å². The summed E-state index contributed by atoms with van der Waals surface area (Å²) in [4.78, 5) is 0. The first kappa shape index (κ1) is 21.7. The molecule has 164 valence electrons. The molecule has 0 saturated carbocycles. The van der Waals surface area contributed by atoms with E-state index in [-0.39, 0.29) is 0 Å². The monoisotopic (exact) mass is 432 g/mol. The van der Waals surface area contributed by atoms with Crippen molar-refractivity contribution in [3.8, 4) is 11.5 Å². The van der Waals surface area contributed by atoms with Gasteiger partial charge in [-0.15, -0.1) is 10.2 Å². The summed E-state index contributed by atoms with van der Waals surface area (Å²) in [7, 11) is 1.74. The molecule has 9 heteroatoms. The van der Waals surface area contributed by atoms with E-state index in [0.29, 0.717) is 24.4 Å². The summed E-state index contributed by atoms with van der Waals surface area (Å²) in [6.45, 7) is 1.12. The van der Waals surface area contributed by atoms with E-state index in [0.717, 1.165) is 28.2 Å². The van der Waals surface area contributed by atoms with E-state index in [1.54, 1.807) is 32.4 Å². The van der Waals surface area contributed by atoms with E-state index >= 15 is 0 Å². The second kappa shape index (κ2) is 9.74. The van der Waals surface area contributed by atoms with Crippen molar-refractivity contribution in [3.63, 3.8) is 0 Å². The number of methoxy groups -OCH3 is 2. The first-order valence-electron chi connectivity index (χ1n) is 10.2. The van der Waals surface area contributed by atoms with Crippen LogP contribution in [0, 0.1) is 0 Å². The number of hydrazine groups is 2. The maximum atomic E-state index is 9.58. The molecular formula is C23H25BN4O4. The van der Waals surface area contributed by atoms with Gasteiger partial charge in [0, 0.05) is 5.56 Å². The van der Waals surface area contributed by atoms with Crippen molar-refractivity contribution in [2.75, 3.05) is 14.2 Å². The largest absolute Gasteiger partial charge is 0.497 e. The number of hydrazone groups is 1. The van der Waals surface area contributed by atoms with Gasteiger partial charge in [0.05, 0.1) is 27.3 Å². The quantitative estimate of drug-likeness (QED) is 0.465. The van der Waals surface area contributed by atoms with Crippen LogP contribution in [0.1, 0.15) is 16.7 Å². The highest BCUT2D eigenvalue weighted by molar-refractivity contribution is 6.58. The summed E-state index contributed by atoms with van der Waals surface area (Å²) in [5, 5.41) is 27.6. The van der Waals surface area contributed by atoms with Crippen molar-refractivity contribution < 1.29 is 19.5 Å². The molecule has 3 aromatic carbocycles. The average Bonchev–Trinajstić information content (AvgIpc) is 3.22. The van der Waals surface area contributed by atoms with E-state index < -0.39 is 7.12 Å². The summed E-state index contributed by atoms with van der Waals surface area (Å²) in [6, 6.07) is 22.8. The number of benzene rings is 3. The van der Waals surface area contributed by atoms with Crippen LogP contribution in [0.2, 0.25) is 0 Å². The lowest BCUT2D eigenvalue weighted by Crippen LogP contribution is -2.45. The third kappa shape index (κ3) is 4.86. The Kier molecular flexibility index (Phi) is 6.60. The topological polar surface area (TPSA) is 89.8 Å². The Labute approximate surface area is 187 Å². The van der Waals surface area contributed by atoms with Crippen molar-refractivity contribution in [2.45, 2.75) is 13.1 Å². The van der Waals surface area contributed by atoms with Gasteiger partial charge in [0.25, 0.3) is 0 Å². The van der Waals surface area contributed by atoms with E-state index in [1.165, 1.54) is 0 Å². The van der Waals surface area contributed by atoms with Gasteiger partial charge < -0.3 is 19.5 Å². The van der Waals surface area contributed by atoms with Crippen LogP contribution in [0.4, 0.5) is 0 Å². The molecule has 0 bridgehead atoms. The highest BCUT2D eigenvalue weighted by Crippen LogP contribution is 2.21. The maximum absolute atomic E-state index is 9.58. The number of hydrogen-bond donors (Lipinski definition) is 3. The molecular weight excluding hydrogens is 407 g/mol. The number of nitrogens with one attached hydrogen (secondary N) is 1. The van der Waals surface area contributed by atoms with Gasteiger partial charge in [0.2, 0.25) is 0 Å². The van der Waals surface area contributed by atoms with Crippen molar-refractivity contribution >= 4 is 18.4 Å². The molecule has 1 aliphatic rings. The summed E-state index contributed by atoms with van der Waals surface area (Å²) in [5.41, 5.74) is 6.42. The molecule has 4 rings (SSSR count). The van der Waals surface area contributed by atoms with Crippen LogP contribution >= 0.6 is 0 Å². The number of hydrogen-bond acceptors (Lipinski definition) is 8. The molecule has 32 heavy (non-hydrogen) atoms. The van der Waals surface area contributed by atoms with Crippen LogP contribution in [0.5, 0.6) is 11.5 Å². The van der Waals surface area contributed by atoms with Crippen LogP contribution < -0.4 is 20.5 Å². The van der Waals surface area contributed by atoms with Gasteiger partial charge in [-0.25, -0.2) is 5.53 Å². The minimum Gasteiger partial charge on any atom is -0.497 e. The van der Waals surface area contributed by atoms with Gasteiger partial charge in [0.1, 0.15) is 11.5 Å². The van der Waals surface area contributed by atoms with Gasteiger partial charge in [0.15, 0.2) is 5.84 Å². The Hall–Kier alpha value is -3.53. The van der Waals surface area contributed by atoms with Gasteiger partial charge in [-0.05, 0) is 40.9 Å². The highest BCUT2D eigenvalue weighted by Gasteiger charge is 2.28. The molecule has 1 heterocycles. The number of nitrogens with zero attached hydrogens (tertiary/aromatic N) is 3. The fraction of sp³-hybridized carbons (Fsp3) is 0.174. The minimum atomic E-state index is -1.55. The van der Waals surface area contributed by atoms with Crippen molar-refractivity contribution in [2.24, 2.45) is 5.10 Å². The molecule has 3 N–H and O–H groups in total. The molecule has 0 radical (unpaired) electrons. The molecule has 3 aromatic rings. The van der Waals surface area contributed by atoms with Gasteiger partial charge >= 0.3 is 7.12 Å². The fourth-order valence-corrected chi connectivity index (χ4v) is 3.47. The average molecular weight is 432 g/mol. The maximum Gasteiger partial charge on any atom is 0.488 e. The van der Waals surface area contributed by atoms with Crippen molar-refractivity contribution in [1.29, 1.82) is 0 Å². The number of amidine groups is 1. The zero-order valence-electron chi connectivity index (χ0n) is 18.0. The standard InChI is InChI=1S/C23H25BN4O4/c1-31-21-10-6-17(7-11-21)15-27-23(19-4-3-5-20(14-19)24(29)30)25-26-28(27)16-18-8-12-22(32-2)13-9-18/h3-14,26,29-30H,15-16H2,1-2H3. The van der Waals surface area contributed by atoms with Gasteiger partial charge in [-0.1, -0.05) is 48.5 Å². The first-order chi connectivity index (χ1) is 15.6. The lowest BCUT2D eigenvalue weighted by atomic mass is 9.79. The van der Waals surface area contributed by atoms with Crippen LogP contribution in [0.3, 0.4) is 0 Å². The van der Waals surface area contributed by atoms with Crippen LogP contribution in [-0.4, -0.2) is 47.3 Å². The number of rotatable bonds is 8. The zero-order valence-corrected chi connectivity index (χ0v) is 18.0. The zero-order chi connectivity index (χ0) is 22.5. The van der Waals surface area contributed by atoms with Gasteiger partial charge in [-0.3, -0.25) is 5.01 Å². The third-order valence-corrected chi connectivity index (χ3v) is 5.23. The smallest absolute Gasteiger partial charge is 0.488 e. The second-order valence-electron chi connectivity index (χ2n) is 7.35. The predicted octanol–water partition coefficient (Wildman–Crippen LogP) is 1.48. The lowest BCUT2D eigenvalue weighted by molar-refractivity contribution is 0.0000817. The Morgan fingerprint density at radius 1 is 0.844 bits per heavy atom. The number of ether oxygens (including phenoxy) is 2. The minimum absolute atomic E-state index is 0.406. The Balaban J connectivity index is 1.61. The molecule has 0 fully saturated rings. The molecule has 0 saturated heterocycles. The molecule has 0 aliphatic carbocycles. The Morgan fingerprint density at radius 2 is 1.44 bits per heavy atom. The molecule has 0 spiro atoms. The van der Waals surface area contributed by atoms with Gasteiger partial charge in [-0.2, -0.15) is 0 Å². The lowest BCUT2D eigenvalue weighted by Gasteiger charge is -2.29. The first-order valence-corrected chi connectivity index (χ1v) is 10.2. The normalized spacial score (nSPS) is 13.5. The van der Waals surface area contributed by atoms with E-state index in [4.69, 9.17) is 9.47 Å². The summed E-state index contributed by atoms with van der Waals surface area (Å²) in [5.74, 6) is 2.27. The summed E-state index contributed by atoms with van der Waals surface area (Å²) >= 11 is 0. The van der Waals surface area contributed by atoms with Crippen LogP contribution in [0.15, 0.2) is 77.9 Å². The van der Waals surface area contributed by atoms with Crippen molar-refractivity contribution in [3.05, 3.63) is 89.5 Å².